The lowest BCUT2D eigenvalue weighted by molar-refractivity contribution is 0.0698. The first kappa shape index (κ1) is 13.5. The average Bonchev–Trinajstić information content (AvgIpc) is 2.47. The van der Waals surface area contributed by atoms with Crippen molar-refractivity contribution in [2.45, 2.75) is 0 Å². The zero-order chi connectivity index (χ0) is 14.5. The van der Waals surface area contributed by atoms with Crippen LogP contribution in [-0.4, -0.2) is 17.0 Å². The number of hydrogen-bond donors (Lipinski definition) is 2. The van der Waals surface area contributed by atoms with Crippen LogP contribution in [0.5, 0.6) is 0 Å². The van der Waals surface area contributed by atoms with E-state index >= 15 is 0 Å². The first-order valence-electron chi connectivity index (χ1n) is 5.98. The van der Waals surface area contributed by atoms with E-state index in [1.54, 1.807) is 48.5 Å². The van der Waals surface area contributed by atoms with Crippen molar-refractivity contribution in [3.05, 3.63) is 71.8 Å². The van der Waals surface area contributed by atoms with Crippen LogP contribution in [0.4, 0.5) is 5.69 Å². The monoisotopic (exact) mass is 267 g/mol. The van der Waals surface area contributed by atoms with Gasteiger partial charge in [-0.2, -0.15) is 0 Å². The largest absolute Gasteiger partial charge is 0.478 e. The predicted molar refractivity (Wildman–Crippen MR) is 77.9 cm³/mol. The molecule has 0 aromatic heterocycles. The fraction of sp³-hybridized carbons (Fsp3) is 0. The molecule has 20 heavy (non-hydrogen) atoms. The minimum Gasteiger partial charge on any atom is -0.478 e. The van der Waals surface area contributed by atoms with Gasteiger partial charge in [-0.25, -0.2) is 4.79 Å². The number of carbonyl (C=O) groups is 2. The molecule has 0 aliphatic carbocycles. The van der Waals surface area contributed by atoms with Crippen LogP contribution in [0.2, 0.25) is 0 Å². The Balaban J connectivity index is 2.34. The maximum atomic E-state index is 12.1. The third kappa shape index (κ3) is 2.92. The molecule has 0 heterocycles. The Morgan fingerprint density at radius 2 is 1.80 bits per heavy atom. The summed E-state index contributed by atoms with van der Waals surface area (Å²) in [6.45, 7) is 3.62. The van der Waals surface area contributed by atoms with Crippen molar-refractivity contribution < 1.29 is 14.7 Å². The number of carboxylic acid groups (broad SMARTS) is 1. The minimum atomic E-state index is -1.09. The molecule has 2 aromatic carbocycles. The third-order valence-electron chi connectivity index (χ3n) is 2.79. The standard InChI is InChI=1S/C16H13NO3/c1-2-11-8-9-13(16(19)20)14(10-11)17-15(18)12-6-4-3-5-7-12/h2-10H,1H2,(H,17,18)(H,19,20). The number of amides is 1. The molecule has 0 bridgehead atoms. The molecular formula is C16H13NO3. The van der Waals surface area contributed by atoms with E-state index in [4.69, 9.17) is 5.11 Å². The highest BCUT2D eigenvalue weighted by Crippen LogP contribution is 2.19. The summed E-state index contributed by atoms with van der Waals surface area (Å²) in [5, 5.41) is 11.8. The van der Waals surface area contributed by atoms with Crippen LogP contribution in [0.15, 0.2) is 55.1 Å². The molecule has 2 aromatic rings. The van der Waals surface area contributed by atoms with Crippen molar-refractivity contribution in [3.8, 4) is 0 Å². The van der Waals surface area contributed by atoms with E-state index in [1.165, 1.54) is 6.07 Å². The Morgan fingerprint density at radius 1 is 1.10 bits per heavy atom. The van der Waals surface area contributed by atoms with Crippen molar-refractivity contribution in [2.75, 3.05) is 5.32 Å². The number of benzene rings is 2. The molecule has 0 aliphatic heterocycles. The summed E-state index contributed by atoms with van der Waals surface area (Å²) in [5.74, 6) is -1.45. The molecule has 4 nitrogen and oxygen atoms in total. The second kappa shape index (κ2) is 5.84. The van der Waals surface area contributed by atoms with Crippen LogP contribution < -0.4 is 5.32 Å². The number of aromatic carboxylic acids is 1. The zero-order valence-corrected chi connectivity index (χ0v) is 10.7. The highest BCUT2D eigenvalue weighted by molar-refractivity contribution is 6.07. The van der Waals surface area contributed by atoms with Crippen LogP contribution in [-0.2, 0) is 0 Å². The quantitative estimate of drug-likeness (QED) is 0.893. The van der Waals surface area contributed by atoms with Gasteiger partial charge in [0, 0.05) is 5.56 Å². The minimum absolute atomic E-state index is 0.0416. The predicted octanol–water partition coefficient (Wildman–Crippen LogP) is 3.28. The second-order valence-corrected chi connectivity index (χ2v) is 4.13. The van der Waals surface area contributed by atoms with Crippen LogP contribution in [0.3, 0.4) is 0 Å². The molecule has 0 spiro atoms. The summed E-state index contributed by atoms with van der Waals surface area (Å²) in [6.07, 6.45) is 1.59. The Kier molecular flexibility index (Phi) is 3.96. The average molecular weight is 267 g/mol. The number of anilines is 1. The van der Waals surface area contributed by atoms with E-state index in [0.717, 1.165) is 5.56 Å². The Bertz CT molecular complexity index is 663. The number of hydrogen-bond acceptors (Lipinski definition) is 2. The van der Waals surface area contributed by atoms with Gasteiger partial charge in [-0.05, 0) is 29.8 Å². The van der Waals surface area contributed by atoms with Gasteiger partial charge < -0.3 is 10.4 Å². The Hall–Kier alpha value is -2.88. The fourth-order valence-electron chi connectivity index (χ4n) is 1.76. The molecule has 4 heteroatoms. The van der Waals surface area contributed by atoms with Gasteiger partial charge in [0.1, 0.15) is 0 Å². The normalized spacial score (nSPS) is 9.80. The Morgan fingerprint density at radius 3 is 2.40 bits per heavy atom. The van der Waals surface area contributed by atoms with E-state index in [2.05, 4.69) is 11.9 Å². The summed E-state index contributed by atoms with van der Waals surface area (Å²) in [6, 6.07) is 13.3. The van der Waals surface area contributed by atoms with Crippen molar-refractivity contribution in [3.63, 3.8) is 0 Å². The van der Waals surface area contributed by atoms with Crippen molar-refractivity contribution in [1.29, 1.82) is 0 Å². The van der Waals surface area contributed by atoms with Gasteiger partial charge >= 0.3 is 5.97 Å². The lowest BCUT2D eigenvalue weighted by atomic mass is 10.1. The Labute approximate surface area is 116 Å². The third-order valence-corrected chi connectivity index (χ3v) is 2.79. The van der Waals surface area contributed by atoms with Gasteiger partial charge in [-0.3, -0.25) is 4.79 Å². The lowest BCUT2D eigenvalue weighted by Gasteiger charge is -2.09. The van der Waals surface area contributed by atoms with Crippen molar-refractivity contribution in [2.24, 2.45) is 0 Å². The maximum Gasteiger partial charge on any atom is 0.337 e. The highest BCUT2D eigenvalue weighted by Gasteiger charge is 2.13. The molecule has 100 valence electrons. The SMILES string of the molecule is C=Cc1ccc(C(=O)O)c(NC(=O)c2ccccc2)c1. The first-order valence-corrected chi connectivity index (χ1v) is 5.98. The molecule has 0 radical (unpaired) electrons. The summed E-state index contributed by atoms with van der Waals surface area (Å²) in [7, 11) is 0. The summed E-state index contributed by atoms with van der Waals surface area (Å²) >= 11 is 0. The van der Waals surface area contributed by atoms with Crippen LogP contribution >= 0.6 is 0 Å². The number of nitrogens with one attached hydrogen (secondary N) is 1. The molecule has 2 N–H and O–H groups in total. The summed E-state index contributed by atoms with van der Waals surface area (Å²) < 4.78 is 0. The van der Waals surface area contributed by atoms with Crippen molar-refractivity contribution >= 4 is 23.6 Å². The lowest BCUT2D eigenvalue weighted by Crippen LogP contribution is -2.14. The molecule has 0 atom stereocenters. The second-order valence-electron chi connectivity index (χ2n) is 4.13. The number of carboxylic acids is 1. The first-order chi connectivity index (χ1) is 9.61. The molecule has 1 amide bonds. The van der Waals surface area contributed by atoms with E-state index in [-0.39, 0.29) is 17.2 Å². The number of carbonyl (C=O) groups excluding carboxylic acids is 1. The summed E-state index contributed by atoms with van der Waals surface area (Å²) in [4.78, 5) is 23.2. The smallest absolute Gasteiger partial charge is 0.337 e. The zero-order valence-electron chi connectivity index (χ0n) is 10.7. The van der Waals surface area contributed by atoms with E-state index < -0.39 is 5.97 Å². The number of rotatable bonds is 4. The molecule has 0 aliphatic rings. The molecule has 2 rings (SSSR count). The van der Waals surface area contributed by atoms with Crippen LogP contribution in [0, 0.1) is 0 Å². The van der Waals surface area contributed by atoms with Gasteiger partial charge in [0.25, 0.3) is 5.91 Å². The van der Waals surface area contributed by atoms with Gasteiger partial charge in [-0.1, -0.05) is 36.9 Å². The van der Waals surface area contributed by atoms with Crippen LogP contribution in [0.25, 0.3) is 6.08 Å². The van der Waals surface area contributed by atoms with Crippen LogP contribution in [0.1, 0.15) is 26.3 Å². The van der Waals surface area contributed by atoms with Crippen molar-refractivity contribution in [1.82, 2.24) is 0 Å². The molecule has 0 saturated carbocycles. The molecule has 0 unspecified atom stereocenters. The fourth-order valence-corrected chi connectivity index (χ4v) is 1.76. The molecular weight excluding hydrogens is 254 g/mol. The maximum absolute atomic E-state index is 12.1. The van der Waals surface area contributed by atoms with E-state index in [0.29, 0.717) is 5.56 Å². The van der Waals surface area contributed by atoms with Gasteiger partial charge in [0.2, 0.25) is 0 Å². The van der Waals surface area contributed by atoms with Gasteiger partial charge in [0.05, 0.1) is 11.3 Å². The van der Waals surface area contributed by atoms with Gasteiger partial charge in [-0.15, -0.1) is 0 Å². The molecule has 0 saturated heterocycles. The van der Waals surface area contributed by atoms with Gasteiger partial charge in [0.15, 0.2) is 0 Å². The molecule has 0 fully saturated rings. The summed E-state index contributed by atoms with van der Waals surface area (Å²) in [5.41, 5.74) is 1.50. The topological polar surface area (TPSA) is 66.4 Å². The van der Waals surface area contributed by atoms with E-state index in [1.807, 2.05) is 0 Å². The highest BCUT2D eigenvalue weighted by atomic mass is 16.4. The van der Waals surface area contributed by atoms with E-state index in [9.17, 15) is 9.59 Å².